The molecule has 88 valence electrons. The molecule has 0 amide bonds. The summed E-state index contributed by atoms with van der Waals surface area (Å²) in [6, 6.07) is 2.23. The van der Waals surface area contributed by atoms with Crippen molar-refractivity contribution in [3.8, 4) is 6.07 Å². The van der Waals surface area contributed by atoms with E-state index in [1.54, 1.807) is 0 Å². The quantitative estimate of drug-likeness (QED) is 0.462. The van der Waals surface area contributed by atoms with Crippen LogP contribution in [0, 0.1) is 11.3 Å². The molecule has 0 bridgehead atoms. The number of hydrogen-bond acceptors (Lipinski definition) is 2. The minimum Gasteiger partial charge on any atom is -0.414 e. The van der Waals surface area contributed by atoms with Crippen molar-refractivity contribution in [2.75, 3.05) is 0 Å². The van der Waals surface area contributed by atoms with Gasteiger partial charge in [-0.2, -0.15) is 5.26 Å². The number of rotatable bonds is 8. The molecule has 0 aliphatic carbocycles. The Kier molecular flexibility index (Phi) is 7.72. The van der Waals surface area contributed by atoms with Crippen molar-refractivity contribution < 1.29 is 4.43 Å². The Hall–Kier alpha value is -0.333. The van der Waals surface area contributed by atoms with Crippen LogP contribution >= 0.6 is 0 Å². The summed E-state index contributed by atoms with van der Waals surface area (Å²) in [6.45, 7) is 8.77. The summed E-state index contributed by atoms with van der Waals surface area (Å²) in [4.78, 5) is 0. The van der Waals surface area contributed by atoms with Gasteiger partial charge in [0.2, 0.25) is 0 Å². The van der Waals surface area contributed by atoms with Crippen LogP contribution in [0.1, 0.15) is 45.4 Å². The van der Waals surface area contributed by atoms with E-state index < -0.39 is 8.32 Å². The highest BCUT2D eigenvalue weighted by atomic mass is 28.4. The second-order valence-electron chi connectivity index (χ2n) is 5.06. The summed E-state index contributed by atoms with van der Waals surface area (Å²) in [6.07, 6.45) is 6.81. The van der Waals surface area contributed by atoms with Crippen LogP contribution < -0.4 is 0 Å². The lowest BCUT2D eigenvalue weighted by atomic mass is 10.1. The summed E-state index contributed by atoms with van der Waals surface area (Å²) in [5, 5.41) is 8.72. The summed E-state index contributed by atoms with van der Waals surface area (Å²) in [7, 11) is -1.48. The van der Waals surface area contributed by atoms with Crippen LogP contribution in [0.15, 0.2) is 0 Å². The molecule has 0 N–H and O–H groups in total. The fourth-order valence-electron chi connectivity index (χ4n) is 1.60. The van der Waals surface area contributed by atoms with Gasteiger partial charge in [-0.1, -0.05) is 32.6 Å². The molecule has 0 aliphatic rings. The average Bonchev–Trinajstić information content (AvgIpc) is 2.10. The zero-order valence-electron chi connectivity index (χ0n) is 10.7. The van der Waals surface area contributed by atoms with Crippen LogP contribution in [0.5, 0.6) is 0 Å². The molecule has 0 aromatic rings. The van der Waals surface area contributed by atoms with Gasteiger partial charge in [0.1, 0.15) is 0 Å². The van der Waals surface area contributed by atoms with Gasteiger partial charge in [-0.15, -0.1) is 0 Å². The summed E-state index contributed by atoms with van der Waals surface area (Å²) in [5.41, 5.74) is 0. The van der Waals surface area contributed by atoms with Gasteiger partial charge < -0.3 is 4.43 Å². The summed E-state index contributed by atoms with van der Waals surface area (Å²) >= 11 is 0. The van der Waals surface area contributed by atoms with E-state index in [2.05, 4.69) is 32.6 Å². The lowest BCUT2D eigenvalue weighted by Gasteiger charge is -2.24. The van der Waals surface area contributed by atoms with Crippen molar-refractivity contribution in [3.05, 3.63) is 0 Å². The van der Waals surface area contributed by atoms with Gasteiger partial charge in [-0.3, -0.25) is 0 Å². The predicted octanol–water partition coefficient (Wildman–Crippen LogP) is 4.09. The molecular weight excluding hydrogens is 202 g/mol. The monoisotopic (exact) mass is 227 g/mol. The van der Waals surface area contributed by atoms with E-state index in [0.717, 1.165) is 6.42 Å². The molecule has 0 spiro atoms. The van der Waals surface area contributed by atoms with Gasteiger partial charge in [-0.25, -0.2) is 0 Å². The second-order valence-corrected chi connectivity index (χ2v) is 9.52. The van der Waals surface area contributed by atoms with Crippen molar-refractivity contribution in [1.82, 2.24) is 0 Å². The smallest absolute Gasteiger partial charge is 0.184 e. The molecule has 3 heteroatoms. The number of hydrogen-bond donors (Lipinski definition) is 0. The molecule has 2 nitrogen and oxygen atoms in total. The minimum absolute atomic E-state index is 0.179. The first-order valence-electron chi connectivity index (χ1n) is 6.04. The molecule has 0 heterocycles. The molecule has 15 heavy (non-hydrogen) atoms. The first kappa shape index (κ1) is 14.7. The second kappa shape index (κ2) is 7.89. The molecule has 0 rings (SSSR count). The van der Waals surface area contributed by atoms with Crippen molar-refractivity contribution >= 4 is 8.32 Å². The normalized spacial score (nSPS) is 13.5. The molecular formula is C12H25NOSi. The molecule has 0 aromatic heterocycles. The maximum Gasteiger partial charge on any atom is 0.184 e. The van der Waals surface area contributed by atoms with Gasteiger partial charge in [-0.05, 0) is 26.1 Å². The topological polar surface area (TPSA) is 33.0 Å². The summed E-state index contributed by atoms with van der Waals surface area (Å²) in [5.74, 6) is 0. The Labute approximate surface area is 95.8 Å². The molecule has 0 saturated carbocycles. The molecule has 0 aromatic carbocycles. The Morgan fingerprint density at radius 3 is 2.33 bits per heavy atom. The van der Waals surface area contributed by atoms with Gasteiger partial charge in [0.25, 0.3) is 0 Å². The largest absolute Gasteiger partial charge is 0.414 e. The van der Waals surface area contributed by atoms with Gasteiger partial charge in [0.05, 0.1) is 18.6 Å². The van der Waals surface area contributed by atoms with Crippen LogP contribution in [0.4, 0.5) is 0 Å². The number of nitrogens with zero attached hydrogens (tertiary/aromatic N) is 1. The van der Waals surface area contributed by atoms with Crippen LogP contribution in [0.2, 0.25) is 19.6 Å². The standard InChI is InChI=1S/C12H25NOSi/c1-5-6-7-8-9-12(10-11-13)14-15(2,3)4/h12H,5-10H2,1-4H3/t12-/m0/s1. The van der Waals surface area contributed by atoms with E-state index in [0.29, 0.717) is 6.42 Å². The fraction of sp³-hybridized carbons (Fsp3) is 0.917. The molecule has 0 radical (unpaired) electrons. The maximum atomic E-state index is 8.72. The molecule has 0 aliphatic heterocycles. The third-order valence-corrected chi connectivity index (χ3v) is 3.26. The first-order valence-corrected chi connectivity index (χ1v) is 9.45. The molecule has 1 atom stereocenters. The Morgan fingerprint density at radius 1 is 1.20 bits per heavy atom. The fourth-order valence-corrected chi connectivity index (χ4v) is 2.80. The minimum atomic E-state index is -1.48. The molecule has 0 unspecified atom stereocenters. The number of unbranched alkanes of at least 4 members (excludes halogenated alkanes) is 3. The molecule has 0 saturated heterocycles. The Balaban J connectivity index is 3.79. The third kappa shape index (κ3) is 9.96. The van der Waals surface area contributed by atoms with Gasteiger partial charge in [0, 0.05) is 0 Å². The van der Waals surface area contributed by atoms with Crippen LogP contribution in [0.25, 0.3) is 0 Å². The van der Waals surface area contributed by atoms with Crippen molar-refractivity contribution in [3.63, 3.8) is 0 Å². The predicted molar refractivity (Wildman–Crippen MR) is 67.2 cm³/mol. The highest BCUT2D eigenvalue weighted by Crippen LogP contribution is 2.16. The van der Waals surface area contributed by atoms with E-state index in [-0.39, 0.29) is 6.10 Å². The zero-order valence-corrected chi connectivity index (χ0v) is 11.7. The lowest BCUT2D eigenvalue weighted by Crippen LogP contribution is -2.31. The summed E-state index contributed by atoms with van der Waals surface area (Å²) < 4.78 is 5.97. The maximum absolute atomic E-state index is 8.72. The van der Waals surface area contributed by atoms with E-state index in [9.17, 15) is 0 Å². The van der Waals surface area contributed by atoms with Crippen molar-refractivity contribution in [2.24, 2.45) is 0 Å². The highest BCUT2D eigenvalue weighted by Gasteiger charge is 2.20. The van der Waals surface area contributed by atoms with Crippen LogP contribution in [0.3, 0.4) is 0 Å². The third-order valence-electron chi connectivity index (χ3n) is 2.22. The SMILES string of the molecule is CCCCCC[C@@H](CC#N)O[Si](C)(C)C. The van der Waals surface area contributed by atoms with Crippen LogP contribution in [-0.4, -0.2) is 14.4 Å². The first-order chi connectivity index (χ1) is 6.99. The van der Waals surface area contributed by atoms with Gasteiger partial charge in [0.15, 0.2) is 8.32 Å². The highest BCUT2D eigenvalue weighted by molar-refractivity contribution is 6.69. The van der Waals surface area contributed by atoms with E-state index in [1.165, 1.54) is 25.7 Å². The lowest BCUT2D eigenvalue weighted by molar-refractivity contribution is 0.184. The van der Waals surface area contributed by atoms with E-state index in [1.807, 2.05) is 0 Å². The van der Waals surface area contributed by atoms with Gasteiger partial charge >= 0.3 is 0 Å². The number of nitriles is 1. The van der Waals surface area contributed by atoms with E-state index >= 15 is 0 Å². The average molecular weight is 227 g/mol. The van der Waals surface area contributed by atoms with Crippen molar-refractivity contribution in [2.45, 2.75) is 71.2 Å². The van der Waals surface area contributed by atoms with E-state index in [4.69, 9.17) is 9.69 Å². The van der Waals surface area contributed by atoms with Crippen molar-refractivity contribution in [1.29, 1.82) is 5.26 Å². The Morgan fingerprint density at radius 2 is 1.87 bits per heavy atom. The Bertz CT molecular complexity index is 193. The zero-order chi connectivity index (χ0) is 11.7. The molecule has 0 fully saturated rings. The van der Waals surface area contributed by atoms with Crippen LogP contribution in [-0.2, 0) is 4.43 Å².